The molecule has 0 spiro atoms. The molecule has 6 nitrogen and oxygen atoms in total. The van der Waals surface area contributed by atoms with E-state index in [9.17, 15) is 18.0 Å². The van der Waals surface area contributed by atoms with Crippen LogP contribution in [0.5, 0.6) is 0 Å². The van der Waals surface area contributed by atoms with Gasteiger partial charge in [0.25, 0.3) is 5.91 Å². The zero-order valence-electron chi connectivity index (χ0n) is 17.7. The molecule has 1 aromatic carbocycles. The Hall–Kier alpha value is -2.85. The topological polar surface area (TPSA) is 83.3 Å². The lowest BCUT2D eigenvalue weighted by molar-refractivity contribution is 0.0959. The highest BCUT2D eigenvalue weighted by Gasteiger charge is 2.33. The van der Waals surface area contributed by atoms with Crippen LogP contribution in [0.3, 0.4) is 0 Å². The minimum absolute atomic E-state index is 0.00222. The maximum absolute atomic E-state index is 14.6. The zero-order chi connectivity index (χ0) is 23.0. The number of nitrogens with two attached hydrogens (primary N) is 1. The molecule has 1 saturated heterocycles. The van der Waals surface area contributed by atoms with Crippen LogP contribution < -0.4 is 21.3 Å². The molecule has 1 aliphatic heterocycles. The second kappa shape index (κ2) is 8.95. The Morgan fingerprint density at radius 2 is 2.06 bits per heavy atom. The molecule has 0 unspecified atom stereocenters. The van der Waals surface area contributed by atoms with Gasteiger partial charge in [-0.05, 0) is 44.2 Å². The number of anilines is 2. The lowest BCUT2D eigenvalue weighted by Crippen LogP contribution is -2.34. The number of nitrogens with zero attached hydrogens (tertiary/aromatic N) is 2. The highest BCUT2D eigenvalue weighted by Crippen LogP contribution is 2.32. The molecule has 32 heavy (non-hydrogen) atoms. The molecule has 3 heterocycles. The molecule has 1 aliphatic rings. The summed E-state index contributed by atoms with van der Waals surface area (Å²) in [6.07, 6.45) is -1.06. The van der Waals surface area contributed by atoms with Gasteiger partial charge in [-0.15, -0.1) is 11.3 Å². The molecule has 2 aromatic heterocycles. The number of alkyl halides is 1. The van der Waals surface area contributed by atoms with Crippen molar-refractivity contribution in [2.75, 3.05) is 37.3 Å². The molecule has 1 fully saturated rings. The first kappa shape index (κ1) is 22.3. The van der Waals surface area contributed by atoms with Crippen molar-refractivity contribution in [2.24, 2.45) is 0 Å². The molecule has 0 radical (unpaired) electrons. The number of thiophene rings is 1. The summed E-state index contributed by atoms with van der Waals surface area (Å²) < 4.78 is 43.2. The summed E-state index contributed by atoms with van der Waals surface area (Å²) in [5.74, 6) is -1.60. The molecular formula is C22H24F3N5OS. The van der Waals surface area contributed by atoms with Gasteiger partial charge < -0.3 is 21.3 Å². The molecular weight excluding hydrogens is 439 g/mol. The lowest BCUT2D eigenvalue weighted by Gasteiger charge is -2.20. The van der Waals surface area contributed by atoms with Gasteiger partial charge in [0.05, 0.1) is 24.0 Å². The number of hydrogen-bond donors (Lipinski definition) is 3. The van der Waals surface area contributed by atoms with Gasteiger partial charge in [0, 0.05) is 30.2 Å². The van der Waals surface area contributed by atoms with Crippen molar-refractivity contribution in [3.05, 3.63) is 52.0 Å². The third-order valence-electron chi connectivity index (χ3n) is 5.69. The number of benzene rings is 1. The minimum Gasteiger partial charge on any atom is -0.397 e. The number of rotatable bonds is 6. The van der Waals surface area contributed by atoms with Gasteiger partial charge in [-0.1, -0.05) is 0 Å². The van der Waals surface area contributed by atoms with Gasteiger partial charge in [-0.3, -0.25) is 4.79 Å². The van der Waals surface area contributed by atoms with Gasteiger partial charge in [-0.2, -0.15) is 0 Å². The Kier molecular flexibility index (Phi) is 6.25. The van der Waals surface area contributed by atoms with Crippen LogP contribution in [0.2, 0.25) is 0 Å². The Bertz CT molecular complexity index is 1170. The van der Waals surface area contributed by atoms with E-state index in [-0.39, 0.29) is 43.2 Å². The average molecular weight is 464 g/mol. The summed E-state index contributed by atoms with van der Waals surface area (Å²) in [7, 11) is 1.64. The number of likely N-dealkylation sites (N-methyl/N-ethyl adjacent to an activating group) is 1. The molecule has 10 heteroatoms. The van der Waals surface area contributed by atoms with E-state index in [1.807, 2.05) is 19.1 Å². The zero-order valence-corrected chi connectivity index (χ0v) is 18.5. The first-order chi connectivity index (χ1) is 15.3. The predicted octanol–water partition coefficient (Wildman–Crippen LogP) is 3.18. The fourth-order valence-electron chi connectivity index (χ4n) is 3.89. The van der Waals surface area contributed by atoms with Crippen LogP contribution >= 0.6 is 11.3 Å². The van der Waals surface area contributed by atoms with Gasteiger partial charge in [0.2, 0.25) is 0 Å². The third kappa shape index (κ3) is 4.24. The summed E-state index contributed by atoms with van der Waals surface area (Å²) in [5, 5.41) is 6.26. The van der Waals surface area contributed by atoms with E-state index in [0.29, 0.717) is 20.8 Å². The van der Waals surface area contributed by atoms with Crippen LogP contribution in [0.15, 0.2) is 24.3 Å². The molecule has 3 aromatic rings. The highest BCUT2D eigenvalue weighted by molar-refractivity contribution is 7.21. The molecule has 4 rings (SSSR count). The molecule has 0 aliphatic carbocycles. The smallest absolute Gasteiger partial charge is 0.263 e. The summed E-state index contributed by atoms with van der Waals surface area (Å²) in [6.45, 7) is 2.22. The first-order valence-electron chi connectivity index (χ1n) is 10.3. The summed E-state index contributed by atoms with van der Waals surface area (Å²) in [6, 6.07) is 5.42. The number of aromatic nitrogens is 1. The van der Waals surface area contributed by atoms with Crippen molar-refractivity contribution in [1.82, 2.24) is 15.6 Å². The molecule has 1 amide bonds. The monoisotopic (exact) mass is 463 g/mol. The Morgan fingerprint density at radius 1 is 1.28 bits per heavy atom. The first-order valence-corrected chi connectivity index (χ1v) is 11.1. The lowest BCUT2D eigenvalue weighted by atomic mass is 10.1. The van der Waals surface area contributed by atoms with Crippen LogP contribution in [-0.4, -0.2) is 49.8 Å². The average Bonchev–Trinajstić information content (AvgIpc) is 3.29. The van der Waals surface area contributed by atoms with Crippen molar-refractivity contribution in [2.45, 2.75) is 25.6 Å². The molecule has 2 atom stereocenters. The van der Waals surface area contributed by atoms with Crippen molar-refractivity contribution >= 4 is 38.8 Å². The van der Waals surface area contributed by atoms with E-state index in [4.69, 9.17) is 5.73 Å². The number of nitrogens with one attached hydrogen (secondary N) is 2. The Morgan fingerprint density at radius 3 is 2.78 bits per heavy atom. The fraction of sp³-hybridized carbons (Fsp3) is 0.364. The van der Waals surface area contributed by atoms with Crippen LogP contribution in [0.1, 0.15) is 20.9 Å². The molecule has 0 bridgehead atoms. The largest absolute Gasteiger partial charge is 0.397 e. The number of aryl methyl sites for hydroxylation is 1. The number of hydrogen-bond acceptors (Lipinski definition) is 6. The van der Waals surface area contributed by atoms with Crippen molar-refractivity contribution in [3.8, 4) is 0 Å². The fourth-order valence-corrected chi connectivity index (χ4v) is 4.95. The van der Waals surface area contributed by atoms with Crippen LogP contribution in [0.4, 0.5) is 24.5 Å². The van der Waals surface area contributed by atoms with Gasteiger partial charge in [0.15, 0.2) is 0 Å². The highest BCUT2D eigenvalue weighted by atomic mass is 32.1. The quantitative estimate of drug-likeness (QED) is 0.523. The SMILES string of the molecule is CN[C@@H]1CN(c2cc(F)c(CCNC(=O)c3sc4nc(C)ccc4c3N)cc2F)C[C@@H]1F. The number of pyridine rings is 1. The second-order valence-electron chi connectivity index (χ2n) is 7.87. The molecule has 0 saturated carbocycles. The Labute approximate surface area is 187 Å². The van der Waals surface area contributed by atoms with E-state index in [1.165, 1.54) is 16.2 Å². The number of nitrogen functional groups attached to an aromatic ring is 1. The number of carbonyl (C=O) groups is 1. The standard InChI is InChI=1S/C22H24F3N5OS/c1-11-3-4-13-19(26)20(32-22(13)29-11)21(31)28-6-5-12-7-15(24)18(8-14(12)23)30-9-16(25)17(10-30)27-2/h3-4,7-8,16-17,27H,5-6,9-10,26H2,1-2H3,(H,28,31)/t16-,17+/m0/s1. The normalized spacial score (nSPS) is 18.5. The van der Waals surface area contributed by atoms with Gasteiger partial charge in [0.1, 0.15) is 27.5 Å². The number of halogens is 3. The van der Waals surface area contributed by atoms with E-state index >= 15 is 0 Å². The van der Waals surface area contributed by atoms with Crippen molar-refractivity contribution in [1.29, 1.82) is 0 Å². The number of carbonyl (C=O) groups excluding carboxylic acids is 1. The van der Waals surface area contributed by atoms with E-state index in [1.54, 1.807) is 7.05 Å². The number of fused-ring (bicyclic) bond motifs is 1. The minimum atomic E-state index is -1.15. The van der Waals surface area contributed by atoms with E-state index in [2.05, 4.69) is 15.6 Å². The van der Waals surface area contributed by atoms with E-state index < -0.39 is 23.8 Å². The van der Waals surface area contributed by atoms with Gasteiger partial charge in [-0.25, -0.2) is 18.2 Å². The second-order valence-corrected chi connectivity index (χ2v) is 8.87. The molecule has 170 valence electrons. The molecule has 4 N–H and O–H groups in total. The van der Waals surface area contributed by atoms with Crippen LogP contribution in [0, 0.1) is 18.6 Å². The summed E-state index contributed by atoms with van der Waals surface area (Å²) >= 11 is 1.19. The van der Waals surface area contributed by atoms with Crippen molar-refractivity contribution < 1.29 is 18.0 Å². The van der Waals surface area contributed by atoms with Gasteiger partial charge >= 0.3 is 0 Å². The van der Waals surface area contributed by atoms with Crippen molar-refractivity contribution in [3.63, 3.8) is 0 Å². The van der Waals surface area contributed by atoms with Crippen LogP contribution in [-0.2, 0) is 6.42 Å². The third-order valence-corrected chi connectivity index (χ3v) is 6.81. The predicted molar refractivity (Wildman–Crippen MR) is 121 cm³/mol. The Balaban J connectivity index is 1.42. The summed E-state index contributed by atoms with van der Waals surface area (Å²) in [4.78, 5) is 19.4. The maximum Gasteiger partial charge on any atom is 0.263 e. The summed E-state index contributed by atoms with van der Waals surface area (Å²) in [5.41, 5.74) is 7.44. The maximum atomic E-state index is 14.6. The van der Waals surface area contributed by atoms with Crippen LogP contribution in [0.25, 0.3) is 10.2 Å². The van der Waals surface area contributed by atoms with E-state index in [0.717, 1.165) is 17.8 Å². The number of amides is 1.